The molecule has 2 heterocycles. The number of halogens is 1. The number of rotatable bonds is 6. The number of nitrogens with zero attached hydrogens (tertiary/aromatic N) is 5. The van der Waals surface area contributed by atoms with Gasteiger partial charge < -0.3 is 19.3 Å². The van der Waals surface area contributed by atoms with Crippen molar-refractivity contribution >= 4 is 11.8 Å². The van der Waals surface area contributed by atoms with Crippen molar-refractivity contribution in [3.05, 3.63) is 35.7 Å². The van der Waals surface area contributed by atoms with Crippen LogP contribution in [0.2, 0.25) is 0 Å². The Morgan fingerprint density at radius 1 is 1.28 bits per heavy atom. The van der Waals surface area contributed by atoms with Crippen LogP contribution in [-0.4, -0.2) is 83.7 Å². The van der Waals surface area contributed by atoms with Gasteiger partial charge in [0.15, 0.2) is 17.2 Å². The van der Waals surface area contributed by atoms with E-state index in [1.165, 1.54) is 34.9 Å². The van der Waals surface area contributed by atoms with Crippen molar-refractivity contribution < 1.29 is 23.5 Å². The van der Waals surface area contributed by atoms with Gasteiger partial charge in [0.1, 0.15) is 6.17 Å². The minimum atomic E-state index is -1.15. The van der Waals surface area contributed by atoms with Gasteiger partial charge in [-0.1, -0.05) is 11.3 Å². The number of ether oxygens (including phenoxy) is 2. The van der Waals surface area contributed by atoms with Crippen LogP contribution in [-0.2, 0) is 6.54 Å². The Morgan fingerprint density at radius 3 is 2.69 bits per heavy atom. The third-order valence-corrected chi connectivity index (χ3v) is 4.82. The number of likely N-dealkylation sites (tertiary alicyclic amines) is 1. The molecule has 1 aliphatic rings. The lowest BCUT2D eigenvalue weighted by Gasteiger charge is -2.25. The zero-order valence-corrected chi connectivity index (χ0v) is 16.8. The maximum atomic E-state index is 14.2. The summed E-state index contributed by atoms with van der Waals surface area (Å²) >= 11 is 0. The molecule has 1 fully saturated rings. The summed E-state index contributed by atoms with van der Waals surface area (Å²) < 4.78 is 26.3. The zero-order chi connectivity index (χ0) is 21.1. The molecule has 0 unspecified atom stereocenters. The lowest BCUT2D eigenvalue weighted by Crippen LogP contribution is -2.38. The van der Waals surface area contributed by atoms with Crippen LogP contribution in [0.5, 0.6) is 11.5 Å². The molecule has 2 aromatic rings. The van der Waals surface area contributed by atoms with E-state index in [2.05, 4.69) is 10.3 Å². The summed E-state index contributed by atoms with van der Waals surface area (Å²) in [7, 11) is 6.17. The molecule has 1 aromatic heterocycles. The zero-order valence-electron chi connectivity index (χ0n) is 16.8. The third-order valence-electron chi connectivity index (χ3n) is 4.82. The summed E-state index contributed by atoms with van der Waals surface area (Å²) in [5.74, 6) is 0.102. The van der Waals surface area contributed by atoms with E-state index in [4.69, 9.17) is 9.47 Å². The van der Waals surface area contributed by atoms with Crippen molar-refractivity contribution in [2.45, 2.75) is 25.2 Å². The minimum absolute atomic E-state index is 0.0257. The number of para-hydroxylation sites is 1. The first kappa shape index (κ1) is 20.6. The fraction of sp³-hybridized carbons (Fsp3) is 0.474. The molecule has 0 aliphatic carbocycles. The topological polar surface area (TPSA) is 89.8 Å². The molecule has 0 N–H and O–H groups in total. The Morgan fingerprint density at radius 2 is 2.03 bits per heavy atom. The number of carbonyl (C=O) groups excluding carboxylic acids is 2. The molecule has 29 heavy (non-hydrogen) atoms. The van der Waals surface area contributed by atoms with Gasteiger partial charge in [0.25, 0.3) is 11.8 Å². The van der Waals surface area contributed by atoms with Crippen LogP contribution in [0, 0.1) is 0 Å². The molecule has 0 saturated carbocycles. The van der Waals surface area contributed by atoms with Gasteiger partial charge in [0.05, 0.1) is 45.1 Å². The van der Waals surface area contributed by atoms with Crippen LogP contribution >= 0.6 is 0 Å². The first-order valence-electron chi connectivity index (χ1n) is 9.13. The second-order valence-electron chi connectivity index (χ2n) is 7.01. The number of carbonyl (C=O) groups is 2. The molecular weight excluding hydrogens is 381 g/mol. The molecule has 0 spiro atoms. The smallest absolute Gasteiger partial charge is 0.275 e. The minimum Gasteiger partial charge on any atom is -0.493 e. The standard InChI is InChI=1S/C19H24FN5O4/c1-23(2)19(27)15-11-24(22-21-15)10-13-8-12(20)9-25(13)18(26)14-6-5-7-16(28-3)17(14)29-4/h5-7,11-13H,8-10H2,1-4H3/t12-,13-/m0/s1. The predicted molar refractivity (Wildman–Crippen MR) is 102 cm³/mol. The summed E-state index contributed by atoms with van der Waals surface area (Å²) in [6, 6.07) is 4.56. The van der Waals surface area contributed by atoms with Crippen molar-refractivity contribution in [3.63, 3.8) is 0 Å². The lowest BCUT2D eigenvalue weighted by molar-refractivity contribution is 0.0709. The molecule has 156 valence electrons. The van der Waals surface area contributed by atoms with Crippen molar-refractivity contribution in [1.82, 2.24) is 24.8 Å². The highest BCUT2D eigenvalue weighted by molar-refractivity contribution is 5.98. The van der Waals surface area contributed by atoms with Crippen LogP contribution < -0.4 is 9.47 Å². The highest BCUT2D eigenvalue weighted by Crippen LogP contribution is 2.33. The van der Waals surface area contributed by atoms with E-state index >= 15 is 0 Å². The monoisotopic (exact) mass is 405 g/mol. The maximum absolute atomic E-state index is 14.2. The Balaban J connectivity index is 1.82. The van der Waals surface area contributed by atoms with Crippen LogP contribution in [0.25, 0.3) is 0 Å². The lowest BCUT2D eigenvalue weighted by atomic mass is 10.1. The molecule has 1 aliphatic heterocycles. The fourth-order valence-corrected chi connectivity index (χ4v) is 3.42. The second-order valence-corrected chi connectivity index (χ2v) is 7.01. The van der Waals surface area contributed by atoms with E-state index in [0.717, 1.165) is 0 Å². The van der Waals surface area contributed by atoms with E-state index in [1.54, 1.807) is 32.3 Å². The average molecular weight is 405 g/mol. The number of amides is 2. The molecule has 10 heteroatoms. The third kappa shape index (κ3) is 4.15. The number of aromatic nitrogens is 3. The number of alkyl halides is 1. The van der Waals surface area contributed by atoms with Crippen molar-refractivity contribution in [3.8, 4) is 11.5 Å². The molecule has 0 radical (unpaired) electrons. The van der Waals surface area contributed by atoms with Crippen LogP contribution in [0.15, 0.2) is 24.4 Å². The normalized spacial score (nSPS) is 18.6. The van der Waals surface area contributed by atoms with E-state index in [0.29, 0.717) is 17.1 Å². The maximum Gasteiger partial charge on any atom is 0.275 e. The number of hydrogen-bond acceptors (Lipinski definition) is 6. The van der Waals surface area contributed by atoms with Gasteiger partial charge in [0, 0.05) is 20.5 Å². The number of benzene rings is 1. The summed E-state index contributed by atoms with van der Waals surface area (Å²) in [4.78, 5) is 28.0. The summed E-state index contributed by atoms with van der Waals surface area (Å²) in [5.41, 5.74) is 0.491. The summed E-state index contributed by atoms with van der Waals surface area (Å²) in [5, 5.41) is 7.81. The van der Waals surface area contributed by atoms with Crippen LogP contribution in [0.4, 0.5) is 4.39 Å². The summed E-state index contributed by atoms with van der Waals surface area (Å²) in [6.45, 7) is 0.203. The Hall–Kier alpha value is -3.17. The van der Waals surface area contributed by atoms with Crippen LogP contribution in [0.3, 0.4) is 0 Å². The largest absolute Gasteiger partial charge is 0.493 e. The van der Waals surface area contributed by atoms with Gasteiger partial charge in [-0.05, 0) is 12.1 Å². The van der Waals surface area contributed by atoms with Gasteiger partial charge in [-0.25, -0.2) is 9.07 Å². The van der Waals surface area contributed by atoms with E-state index in [9.17, 15) is 14.0 Å². The summed E-state index contributed by atoms with van der Waals surface area (Å²) in [6.07, 6.45) is 0.532. The van der Waals surface area contributed by atoms with E-state index in [1.807, 2.05) is 0 Å². The molecule has 0 bridgehead atoms. The Kier molecular flexibility index (Phi) is 6.00. The van der Waals surface area contributed by atoms with Crippen molar-refractivity contribution in [2.75, 3.05) is 34.9 Å². The van der Waals surface area contributed by atoms with Gasteiger partial charge >= 0.3 is 0 Å². The van der Waals surface area contributed by atoms with E-state index in [-0.39, 0.29) is 37.0 Å². The first-order valence-corrected chi connectivity index (χ1v) is 9.13. The average Bonchev–Trinajstić information content (AvgIpc) is 3.32. The Labute approximate surface area is 168 Å². The van der Waals surface area contributed by atoms with Crippen molar-refractivity contribution in [2.24, 2.45) is 0 Å². The van der Waals surface area contributed by atoms with Crippen LogP contribution in [0.1, 0.15) is 27.3 Å². The predicted octanol–water partition coefficient (Wildman–Crippen LogP) is 1.25. The molecule has 9 nitrogen and oxygen atoms in total. The first-order chi connectivity index (χ1) is 13.8. The van der Waals surface area contributed by atoms with Gasteiger partial charge in [-0.3, -0.25) is 9.59 Å². The van der Waals surface area contributed by atoms with Gasteiger partial charge in [-0.15, -0.1) is 5.10 Å². The Bertz CT molecular complexity index is 900. The molecule has 2 atom stereocenters. The second kappa shape index (κ2) is 8.46. The van der Waals surface area contributed by atoms with E-state index < -0.39 is 12.2 Å². The number of hydrogen-bond donors (Lipinski definition) is 0. The SMILES string of the molecule is COc1cccc(C(=O)N2C[C@@H](F)C[C@H]2Cn2cc(C(=O)N(C)C)nn2)c1OC. The molecule has 1 aromatic carbocycles. The fourth-order valence-electron chi connectivity index (χ4n) is 3.42. The molecular formula is C19H24FN5O4. The van der Waals surface area contributed by atoms with Gasteiger partial charge in [-0.2, -0.15) is 0 Å². The molecule has 2 amide bonds. The quantitative estimate of drug-likeness (QED) is 0.719. The highest BCUT2D eigenvalue weighted by atomic mass is 19.1. The van der Waals surface area contributed by atoms with Gasteiger partial charge in [0.2, 0.25) is 0 Å². The highest BCUT2D eigenvalue weighted by Gasteiger charge is 2.37. The number of methoxy groups -OCH3 is 2. The molecule has 1 saturated heterocycles. The molecule has 3 rings (SSSR count). The van der Waals surface area contributed by atoms with Crippen molar-refractivity contribution in [1.29, 1.82) is 0 Å².